The summed E-state index contributed by atoms with van der Waals surface area (Å²) in [5.74, 6) is -0.469. The van der Waals surface area contributed by atoms with Crippen molar-refractivity contribution in [2.75, 3.05) is 26.2 Å². The highest BCUT2D eigenvalue weighted by atomic mass is 16.5. The molecule has 2 atom stereocenters. The second-order valence-corrected chi connectivity index (χ2v) is 6.16. The third kappa shape index (κ3) is 5.05. The van der Waals surface area contributed by atoms with Gasteiger partial charge in [0.2, 0.25) is 0 Å². The summed E-state index contributed by atoms with van der Waals surface area (Å²) < 4.78 is 5.75. The van der Waals surface area contributed by atoms with E-state index >= 15 is 0 Å². The molecule has 2 unspecified atom stereocenters. The largest absolute Gasteiger partial charge is 0.459 e. The number of rotatable bonds is 10. The fraction of sp³-hybridized carbons (Fsp3) is 0.450. The molecule has 0 aromatic heterocycles. The van der Waals surface area contributed by atoms with E-state index in [1.807, 2.05) is 24.3 Å². The molecule has 0 spiro atoms. The van der Waals surface area contributed by atoms with Gasteiger partial charge in [-0.25, -0.2) is 4.79 Å². The van der Waals surface area contributed by atoms with Crippen molar-refractivity contribution in [2.45, 2.75) is 32.9 Å². The predicted molar refractivity (Wildman–Crippen MR) is 97.4 cm³/mol. The van der Waals surface area contributed by atoms with Crippen LogP contribution in [0.1, 0.15) is 32.4 Å². The van der Waals surface area contributed by atoms with Gasteiger partial charge in [0.1, 0.15) is 25.3 Å². The summed E-state index contributed by atoms with van der Waals surface area (Å²) in [4.78, 5) is 11.5. The van der Waals surface area contributed by atoms with Crippen molar-refractivity contribution in [1.29, 1.82) is 0 Å². The SMILES string of the molecule is C=CC(c1ccccc1)[N+](CC)(CC)CC(O)COC(=O)C(=C)C. The summed E-state index contributed by atoms with van der Waals surface area (Å²) in [5.41, 5.74) is 1.50. The van der Waals surface area contributed by atoms with Crippen molar-refractivity contribution in [3.63, 3.8) is 0 Å². The van der Waals surface area contributed by atoms with Crippen molar-refractivity contribution >= 4 is 5.97 Å². The first-order valence-corrected chi connectivity index (χ1v) is 8.44. The second kappa shape index (κ2) is 9.40. The van der Waals surface area contributed by atoms with Gasteiger partial charge in [-0.05, 0) is 26.8 Å². The van der Waals surface area contributed by atoms with Crippen LogP contribution in [-0.4, -0.2) is 47.9 Å². The monoisotopic (exact) mass is 332 g/mol. The van der Waals surface area contributed by atoms with Crippen molar-refractivity contribution in [2.24, 2.45) is 0 Å². The highest BCUT2D eigenvalue weighted by Crippen LogP contribution is 2.30. The zero-order valence-corrected chi connectivity index (χ0v) is 15.1. The Morgan fingerprint density at radius 1 is 1.29 bits per heavy atom. The van der Waals surface area contributed by atoms with Crippen LogP contribution in [0.4, 0.5) is 0 Å². The number of nitrogens with zero attached hydrogens (tertiary/aromatic N) is 1. The zero-order chi connectivity index (χ0) is 18.2. The molecule has 0 radical (unpaired) electrons. The maximum absolute atomic E-state index is 11.5. The molecule has 0 aliphatic heterocycles. The number of carbonyl (C=O) groups excluding carboxylic acids is 1. The molecule has 1 aromatic rings. The number of esters is 1. The molecule has 0 saturated carbocycles. The maximum Gasteiger partial charge on any atom is 0.333 e. The van der Waals surface area contributed by atoms with Gasteiger partial charge in [-0.1, -0.05) is 43.5 Å². The Balaban J connectivity index is 2.92. The minimum Gasteiger partial charge on any atom is -0.459 e. The van der Waals surface area contributed by atoms with Gasteiger partial charge < -0.3 is 14.3 Å². The molecule has 4 heteroatoms. The molecule has 0 fully saturated rings. The molecular weight excluding hydrogens is 302 g/mol. The van der Waals surface area contributed by atoms with Crippen molar-refractivity contribution in [3.8, 4) is 0 Å². The van der Waals surface area contributed by atoms with Crippen molar-refractivity contribution in [3.05, 3.63) is 60.7 Å². The molecule has 0 bridgehead atoms. The summed E-state index contributed by atoms with van der Waals surface area (Å²) in [6.45, 7) is 15.5. The number of ether oxygens (including phenoxy) is 1. The smallest absolute Gasteiger partial charge is 0.333 e. The van der Waals surface area contributed by atoms with Crippen molar-refractivity contribution < 1.29 is 19.1 Å². The van der Waals surface area contributed by atoms with Crippen LogP contribution < -0.4 is 0 Å². The van der Waals surface area contributed by atoms with E-state index in [9.17, 15) is 9.90 Å². The van der Waals surface area contributed by atoms with E-state index in [1.54, 1.807) is 6.92 Å². The highest BCUT2D eigenvalue weighted by Gasteiger charge is 2.35. The van der Waals surface area contributed by atoms with Crippen LogP contribution in [0.5, 0.6) is 0 Å². The molecule has 0 amide bonds. The molecule has 1 aromatic carbocycles. The van der Waals surface area contributed by atoms with Crippen LogP contribution in [0.15, 0.2) is 55.1 Å². The Morgan fingerprint density at radius 2 is 1.88 bits per heavy atom. The van der Waals surface area contributed by atoms with E-state index in [0.717, 1.165) is 13.1 Å². The number of likely N-dealkylation sites (N-methyl/N-ethyl adjacent to an activating group) is 1. The number of hydrogen-bond acceptors (Lipinski definition) is 3. The van der Waals surface area contributed by atoms with Gasteiger partial charge in [-0.15, -0.1) is 0 Å². The third-order valence-electron chi connectivity index (χ3n) is 4.54. The summed E-state index contributed by atoms with van der Waals surface area (Å²) >= 11 is 0. The molecule has 24 heavy (non-hydrogen) atoms. The lowest BCUT2D eigenvalue weighted by Crippen LogP contribution is -2.54. The third-order valence-corrected chi connectivity index (χ3v) is 4.54. The van der Waals surface area contributed by atoms with Crippen LogP contribution in [0.3, 0.4) is 0 Å². The lowest BCUT2D eigenvalue weighted by Gasteiger charge is -2.43. The Hall–Kier alpha value is -1.91. The van der Waals surface area contributed by atoms with Crippen molar-refractivity contribution in [1.82, 2.24) is 0 Å². The standard InChI is InChI=1S/C20H30NO3/c1-6-19(17-12-10-9-11-13-17)21(7-2,8-3)14-18(22)15-24-20(23)16(4)5/h6,9-13,18-19,22H,1,4,7-8,14-15H2,2-3,5H3/q+1. The first-order valence-electron chi connectivity index (χ1n) is 8.44. The average Bonchev–Trinajstić information content (AvgIpc) is 2.60. The van der Waals surface area contributed by atoms with Gasteiger partial charge in [-0.3, -0.25) is 0 Å². The molecule has 1 rings (SSSR count). The Kier molecular flexibility index (Phi) is 7.89. The molecule has 0 heterocycles. The maximum atomic E-state index is 11.5. The number of quaternary nitrogens is 1. The normalized spacial score (nSPS) is 13.8. The second-order valence-electron chi connectivity index (χ2n) is 6.16. The first-order chi connectivity index (χ1) is 11.4. The topological polar surface area (TPSA) is 46.5 Å². The zero-order valence-electron chi connectivity index (χ0n) is 15.1. The molecular formula is C20H30NO3+. The van der Waals surface area contributed by atoms with E-state index < -0.39 is 12.1 Å². The van der Waals surface area contributed by atoms with E-state index in [0.29, 0.717) is 16.6 Å². The summed E-state index contributed by atoms with van der Waals surface area (Å²) in [6, 6.07) is 10.2. The number of aliphatic hydroxyl groups is 1. The number of benzene rings is 1. The quantitative estimate of drug-likeness (QED) is 0.310. The van der Waals surface area contributed by atoms with E-state index in [1.165, 1.54) is 5.56 Å². The Bertz CT molecular complexity index is 549. The van der Waals surface area contributed by atoms with Gasteiger partial charge >= 0.3 is 5.97 Å². The fourth-order valence-corrected chi connectivity index (χ4v) is 3.08. The number of hydrogen-bond donors (Lipinski definition) is 1. The Labute approximate surface area is 145 Å². The van der Waals surface area contributed by atoms with Gasteiger partial charge in [0.25, 0.3) is 0 Å². The molecule has 132 valence electrons. The Morgan fingerprint density at radius 3 is 2.33 bits per heavy atom. The summed E-state index contributed by atoms with van der Waals surface area (Å²) in [6.07, 6.45) is 1.20. The molecule has 0 saturated heterocycles. The van der Waals surface area contributed by atoms with Crippen LogP contribution >= 0.6 is 0 Å². The van der Waals surface area contributed by atoms with E-state index in [4.69, 9.17) is 4.74 Å². The van der Waals surface area contributed by atoms with Crippen LogP contribution in [0, 0.1) is 0 Å². The summed E-state index contributed by atoms with van der Waals surface area (Å²) in [5, 5.41) is 10.4. The van der Waals surface area contributed by atoms with E-state index in [-0.39, 0.29) is 12.6 Å². The average molecular weight is 332 g/mol. The number of carbonyl (C=O) groups is 1. The minimum absolute atomic E-state index is 0.0235. The molecule has 0 aliphatic carbocycles. The molecule has 0 aliphatic rings. The lowest BCUT2D eigenvalue weighted by atomic mass is 10.0. The van der Waals surface area contributed by atoms with E-state index in [2.05, 4.69) is 39.1 Å². The molecule has 1 N–H and O–H groups in total. The minimum atomic E-state index is -0.737. The summed E-state index contributed by atoms with van der Waals surface area (Å²) in [7, 11) is 0. The molecule has 4 nitrogen and oxygen atoms in total. The van der Waals surface area contributed by atoms with Gasteiger partial charge in [0.05, 0.1) is 13.1 Å². The van der Waals surface area contributed by atoms with Crippen LogP contribution in [0.25, 0.3) is 0 Å². The predicted octanol–water partition coefficient (Wildman–Crippen LogP) is 3.25. The first kappa shape index (κ1) is 20.1. The fourth-order valence-electron chi connectivity index (χ4n) is 3.08. The van der Waals surface area contributed by atoms with Gasteiger partial charge in [0.15, 0.2) is 0 Å². The highest BCUT2D eigenvalue weighted by molar-refractivity contribution is 5.86. The van der Waals surface area contributed by atoms with Crippen LogP contribution in [0.2, 0.25) is 0 Å². The lowest BCUT2D eigenvalue weighted by molar-refractivity contribution is -0.950. The van der Waals surface area contributed by atoms with Gasteiger partial charge in [-0.2, -0.15) is 0 Å². The van der Waals surface area contributed by atoms with Gasteiger partial charge in [0, 0.05) is 11.1 Å². The van der Waals surface area contributed by atoms with Crippen LogP contribution in [-0.2, 0) is 9.53 Å². The number of aliphatic hydroxyl groups excluding tert-OH is 1.